The first kappa shape index (κ1) is 21.7. The summed E-state index contributed by atoms with van der Waals surface area (Å²) >= 11 is 1.59. The third kappa shape index (κ3) is 5.68. The number of nitrogens with zero attached hydrogens (tertiary/aromatic N) is 1. The first-order valence-corrected chi connectivity index (χ1v) is 7.89. The second kappa shape index (κ2) is 9.11. The standard InChI is InChI=1S/C16H21N3OS.2ClH/c1-4-16(3,15-18-11(2)10-21-15)19-14(20)9-12-5-7-13(17)8-6-12;;/h5-8,10H,4,9,17H2,1-3H3,(H,19,20);2*1H. The number of nitrogens with one attached hydrogen (secondary N) is 1. The van der Waals surface area contributed by atoms with Crippen molar-refractivity contribution in [3.63, 3.8) is 0 Å². The monoisotopic (exact) mass is 375 g/mol. The van der Waals surface area contributed by atoms with Crippen molar-refractivity contribution in [1.29, 1.82) is 0 Å². The molecule has 1 aromatic heterocycles. The van der Waals surface area contributed by atoms with E-state index in [1.54, 1.807) is 11.3 Å². The smallest absolute Gasteiger partial charge is 0.225 e. The number of anilines is 1. The molecule has 0 aliphatic heterocycles. The number of amides is 1. The molecule has 0 radical (unpaired) electrons. The number of halogens is 2. The van der Waals surface area contributed by atoms with Crippen LogP contribution in [0, 0.1) is 6.92 Å². The summed E-state index contributed by atoms with van der Waals surface area (Å²) in [5.74, 6) is -0.00280. The van der Waals surface area contributed by atoms with Crippen LogP contribution in [-0.4, -0.2) is 10.9 Å². The van der Waals surface area contributed by atoms with E-state index < -0.39 is 5.54 Å². The highest BCUT2D eigenvalue weighted by atomic mass is 35.5. The lowest BCUT2D eigenvalue weighted by molar-refractivity contribution is -0.122. The summed E-state index contributed by atoms with van der Waals surface area (Å²) < 4.78 is 0. The molecule has 0 aliphatic carbocycles. The van der Waals surface area contributed by atoms with Gasteiger partial charge in [-0.25, -0.2) is 4.98 Å². The van der Waals surface area contributed by atoms with Crippen molar-refractivity contribution in [3.8, 4) is 0 Å². The van der Waals surface area contributed by atoms with Crippen LogP contribution >= 0.6 is 36.2 Å². The summed E-state index contributed by atoms with van der Waals surface area (Å²) in [4.78, 5) is 16.8. The van der Waals surface area contributed by atoms with Gasteiger partial charge in [-0.2, -0.15) is 0 Å². The van der Waals surface area contributed by atoms with E-state index in [4.69, 9.17) is 5.73 Å². The highest BCUT2D eigenvalue weighted by Gasteiger charge is 2.29. The zero-order valence-electron chi connectivity index (χ0n) is 13.5. The Morgan fingerprint density at radius 1 is 1.30 bits per heavy atom. The predicted molar refractivity (Wildman–Crippen MR) is 102 cm³/mol. The van der Waals surface area contributed by atoms with Gasteiger partial charge in [-0.3, -0.25) is 4.79 Å². The lowest BCUT2D eigenvalue weighted by atomic mass is 9.99. The SMILES string of the molecule is CCC(C)(NC(=O)Cc1ccc(N)cc1)c1nc(C)cs1.Cl.Cl. The normalized spacial score (nSPS) is 12.5. The molecule has 1 atom stereocenters. The van der Waals surface area contributed by atoms with Gasteiger partial charge in [0.25, 0.3) is 0 Å². The summed E-state index contributed by atoms with van der Waals surface area (Å²) in [6, 6.07) is 7.38. The summed E-state index contributed by atoms with van der Waals surface area (Å²) in [6.45, 7) is 6.04. The molecule has 7 heteroatoms. The Hall–Kier alpha value is -1.30. The molecule has 23 heavy (non-hydrogen) atoms. The van der Waals surface area contributed by atoms with E-state index >= 15 is 0 Å². The molecule has 2 aromatic rings. The van der Waals surface area contributed by atoms with Crippen LogP contribution in [0.4, 0.5) is 5.69 Å². The van der Waals surface area contributed by atoms with Crippen LogP contribution in [0.25, 0.3) is 0 Å². The molecule has 3 N–H and O–H groups in total. The quantitative estimate of drug-likeness (QED) is 0.779. The second-order valence-electron chi connectivity index (χ2n) is 5.45. The molecule has 128 valence electrons. The van der Waals surface area contributed by atoms with Gasteiger partial charge in [0.2, 0.25) is 5.91 Å². The number of carbonyl (C=O) groups excluding carboxylic acids is 1. The van der Waals surface area contributed by atoms with E-state index in [0.717, 1.165) is 22.7 Å². The number of nitrogens with two attached hydrogens (primary N) is 1. The van der Waals surface area contributed by atoms with Crippen LogP contribution < -0.4 is 11.1 Å². The highest BCUT2D eigenvalue weighted by Crippen LogP contribution is 2.27. The fraction of sp³-hybridized carbons (Fsp3) is 0.375. The number of hydrogen-bond acceptors (Lipinski definition) is 4. The summed E-state index contributed by atoms with van der Waals surface area (Å²) in [5, 5.41) is 6.07. The number of aromatic nitrogens is 1. The Labute approximate surface area is 153 Å². The van der Waals surface area contributed by atoms with Crippen LogP contribution in [0.1, 0.15) is 36.5 Å². The molecule has 0 spiro atoms. The molecule has 2 rings (SSSR count). The van der Waals surface area contributed by atoms with Crippen molar-refractivity contribution in [2.45, 2.75) is 39.2 Å². The fourth-order valence-electron chi connectivity index (χ4n) is 2.07. The summed E-state index contributed by atoms with van der Waals surface area (Å²) in [7, 11) is 0. The average molecular weight is 376 g/mol. The number of carbonyl (C=O) groups is 1. The van der Waals surface area contributed by atoms with Crippen LogP contribution in [0.5, 0.6) is 0 Å². The minimum Gasteiger partial charge on any atom is -0.399 e. The Morgan fingerprint density at radius 2 is 1.91 bits per heavy atom. The average Bonchev–Trinajstić information content (AvgIpc) is 2.88. The molecule has 0 aliphatic rings. The Kier molecular flexibility index (Phi) is 8.59. The molecular formula is C16H23Cl2N3OS. The maximum absolute atomic E-state index is 12.3. The first-order valence-electron chi connectivity index (χ1n) is 7.01. The van der Waals surface area contributed by atoms with Gasteiger partial charge >= 0.3 is 0 Å². The van der Waals surface area contributed by atoms with E-state index in [9.17, 15) is 4.79 Å². The van der Waals surface area contributed by atoms with Crippen molar-refractivity contribution in [2.75, 3.05) is 5.73 Å². The second-order valence-corrected chi connectivity index (χ2v) is 6.30. The molecule has 1 unspecified atom stereocenters. The molecule has 4 nitrogen and oxygen atoms in total. The van der Waals surface area contributed by atoms with E-state index in [-0.39, 0.29) is 30.7 Å². The number of hydrogen-bond donors (Lipinski definition) is 2. The van der Waals surface area contributed by atoms with E-state index in [2.05, 4.69) is 17.2 Å². The van der Waals surface area contributed by atoms with E-state index in [1.807, 2.05) is 43.5 Å². The molecule has 1 aromatic carbocycles. The van der Waals surface area contributed by atoms with Crippen molar-refractivity contribution in [1.82, 2.24) is 10.3 Å². The van der Waals surface area contributed by atoms with Crippen molar-refractivity contribution in [2.24, 2.45) is 0 Å². The number of aryl methyl sites for hydroxylation is 1. The van der Waals surface area contributed by atoms with Crippen molar-refractivity contribution in [3.05, 3.63) is 45.9 Å². The minimum absolute atomic E-state index is 0. The maximum Gasteiger partial charge on any atom is 0.225 e. The van der Waals surface area contributed by atoms with Gasteiger partial charge < -0.3 is 11.1 Å². The number of nitrogen functional groups attached to an aromatic ring is 1. The lowest BCUT2D eigenvalue weighted by Crippen LogP contribution is -2.43. The van der Waals surface area contributed by atoms with Gasteiger partial charge in [0.05, 0.1) is 12.0 Å². The number of thiazole rings is 1. The van der Waals surface area contributed by atoms with Gasteiger partial charge in [0.1, 0.15) is 5.01 Å². The maximum atomic E-state index is 12.3. The van der Waals surface area contributed by atoms with Crippen molar-refractivity contribution < 1.29 is 4.79 Å². The third-order valence-electron chi connectivity index (χ3n) is 3.56. The number of benzene rings is 1. The molecule has 0 saturated heterocycles. The molecular weight excluding hydrogens is 353 g/mol. The molecule has 1 heterocycles. The Bertz CT molecular complexity index is 631. The van der Waals surface area contributed by atoms with E-state index in [0.29, 0.717) is 12.1 Å². The zero-order chi connectivity index (χ0) is 15.5. The van der Waals surface area contributed by atoms with Crippen LogP contribution in [0.2, 0.25) is 0 Å². The van der Waals surface area contributed by atoms with Crippen LogP contribution in [0.15, 0.2) is 29.6 Å². The topological polar surface area (TPSA) is 68.0 Å². The van der Waals surface area contributed by atoms with E-state index in [1.165, 1.54) is 0 Å². The Morgan fingerprint density at radius 3 is 2.39 bits per heavy atom. The minimum atomic E-state index is -0.413. The van der Waals surface area contributed by atoms with Gasteiger partial charge in [0.15, 0.2) is 0 Å². The molecule has 1 amide bonds. The lowest BCUT2D eigenvalue weighted by Gasteiger charge is -2.27. The summed E-state index contributed by atoms with van der Waals surface area (Å²) in [6.07, 6.45) is 1.15. The summed E-state index contributed by atoms with van der Waals surface area (Å²) in [5.41, 5.74) is 7.89. The van der Waals surface area contributed by atoms with Crippen molar-refractivity contribution >= 4 is 47.7 Å². The van der Waals surface area contributed by atoms with Gasteiger partial charge in [0, 0.05) is 16.8 Å². The largest absolute Gasteiger partial charge is 0.399 e. The first-order chi connectivity index (χ1) is 9.93. The van der Waals surface area contributed by atoms with Gasteiger partial charge in [-0.15, -0.1) is 36.2 Å². The molecule has 0 fully saturated rings. The van der Waals surface area contributed by atoms with Gasteiger partial charge in [-0.05, 0) is 38.0 Å². The van der Waals surface area contributed by atoms with Gasteiger partial charge in [-0.1, -0.05) is 19.1 Å². The number of rotatable bonds is 5. The Balaban J connectivity index is 0.00000242. The predicted octanol–water partition coefficient (Wildman–Crippen LogP) is 3.86. The zero-order valence-corrected chi connectivity index (χ0v) is 15.9. The van der Waals surface area contributed by atoms with Crippen LogP contribution in [-0.2, 0) is 16.8 Å². The molecule has 0 saturated carbocycles. The third-order valence-corrected chi connectivity index (χ3v) is 4.78. The fourth-order valence-corrected chi connectivity index (χ4v) is 3.06. The highest BCUT2D eigenvalue weighted by molar-refractivity contribution is 7.09. The van der Waals surface area contributed by atoms with Crippen LogP contribution in [0.3, 0.4) is 0 Å². The molecule has 0 bridgehead atoms.